The molecule has 0 spiro atoms. The van der Waals surface area contributed by atoms with E-state index in [2.05, 4.69) is 5.32 Å². The molecule has 0 saturated carbocycles. The second kappa shape index (κ2) is 10.7. The first-order chi connectivity index (χ1) is 15.3. The topological polar surface area (TPSA) is 148 Å². The van der Waals surface area contributed by atoms with Gasteiger partial charge in [-0.05, 0) is 29.5 Å². The highest BCUT2D eigenvalue weighted by molar-refractivity contribution is 6.00. The number of carbonyl (C=O) groups excluding carboxylic acids is 3. The van der Waals surface area contributed by atoms with Crippen molar-refractivity contribution >= 4 is 23.8 Å². The number of esters is 1. The summed E-state index contributed by atoms with van der Waals surface area (Å²) in [6.45, 7) is 7.14. The maximum Gasteiger partial charge on any atom is 0.407 e. The van der Waals surface area contributed by atoms with Gasteiger partial charge in [0.1, 0.15) is 11.8 Å². The van der Waals surface area contributed by atoms with E-state index in [4.69, 9.17) is 14.2 Å². The molecule has 10 nitrogen and oxygen atoms in total. The Morgan fingerprint density at radius 3 is 2.55 bits per heavy atom. The number of alkyl carbamates (subject to hydrolysis) is 1. The summed E-state index contributed by atoms with van der Waals surface area (Å²) in [6.07, 6.45) is -0.798. The number of Topliss-reactive ketones (excluding diaryl/α,β-unsaturated/α-hetero) is 1. The van der Waals surface area contributed by atoms with Crippen LogP contribution in [0.1, 0.15) is 62.9 Å². The number of carboxylic acid groups (broad SMARTS) is 1. The van der Waals surface area contributed by atoms with Crippen LogP contribution >= 0.6 is 0 Å². The van der Waals surface area contributed by atoms with Crippen LogP contribution in [0.25, 0.3) is 0 Å². The first-order valence-corrected chi connectivity index (χ1v) is 10.6. The van der Waals surface area contributed by atoms with Crippen molar-refractivity contribution in [2.24, 2.45) is 5.41 Å². The van der Waals surface area contributed by atoms with E-state index in [1.165, 1.54) is 19.1 Å². The van der Waals surface area contributed by atoms with E-state index in [1.54, 1.807) is 6.07 Å². The van der Waals surface area contributed by atoms with E-state index in [0.29, 0.717) is 12.0 Å². The van der Waals surface area contributed by atoms with Crippen molar-refractivity contribution in [1.29, 1.82) is 0 Å². The van der Waals surface area contributed by atoms with Crippen LogP contribution in [0.4, 0.5) is 4.79 Å². The summed E-state index contributed by atoms with van der Waals surface area (Å²) in [5, 5.41) is 22.4. The molecule has 33 heavy (non-hydrogen) atoms. The first-order valence-electron chi connectivity index (χ1n) is 10.6. The van der Waals surface area contributed by atoms with Crippen LogP contribution in [-0.4, -0.2) is 59.1 Å². The van der Waals surface area contributed by atoms with Gasteiger partial charge < -0.3 is 29.7 Å². The number of aliphatic hydroxyl groups is 1. The summed E-state index contributed by atoms with van der Waals surface area (Å²) in [7, 11) is 0. The van der Waals surface area contributed by atoms with Crippen molar-refractivity contribution in [3.8, 4) is 5.75 Å². The number of amides is 1. The van der Waals surface area contributed by atoms with Gasteiger partial charge in [-0.15, -0.1) is 0 Å². The summed E-state index contributed by atoms with van der Waals surface area (Å²) in [5.41, 5.74) is 0.447. The van der Waals surface area contributed by atoms with Gasteiger partial charge in [0.25, 0.3) is 0 Å². The van der Waals surface area contributed by atoms with E-state index >= 15 is 0 Å². The van der Waals surface area contributed by atoms with E-state index in [1.807, 2.05) is 20.8 Å². The van der Waals surface area contributed by atoms with Crippen LogP contribution in [0.15, 0.2) is 18.2 Å². The highest BCUT2D eigenvalue weighted by Crippen LogP contribution is 2.35. The zero-order valence-electron chi connectivity index (χ0n) is 19.3. The SMILES string of the molecule is CC(=O)OCCCC1(O)CC(=O)c2cc(C[C@H](NC(=O)OCC(C)(C)C)C(=O)O)ccc2O1. The molecule has 2 rings (SSSR count). The summed E-state index contributed by atoms with van der Waals surface area (Å²) >= 11 is 0. The molecule has 0 radical (unpaired) electrons. The lowest BCUT2D eigenvalue weighted by Gasteiger charge is -2.33. The Hall–Kier alpha value is -3.14. The fraction of sp³-hybridized carbons (Fsp3) is 0.565. The molecule has 0 aliphatic carbocycles. The second-order valence-corrected chi connectivity index (χ2v) is 9.30. The maximum atomic E-state index is 12.6. The van der Waals surface area contributed by atoms with Gasteiger partial charge in [0, 0.05) is 19.8 Å². The largest absolute Gasteiger partial charge is 0.480 e. The molecule has 3 N–H and O–H groups in total. The van der Waals surface area contributed by atoms with Crippen molar-refractivity contribution in [1.82, 2.24) is 5.32 Å². The third-order valence-electron chi connectivity index (χ3n) is 4.76. The van der Waals surface area contributed by atoms with Gasteiger partial charge in [-0.1, -0.05) is 26.8 Å². The molecule has 2 atom stereocenters. The van der Waals surface area contributed by atoms with Gasteiger partial charge in [0.2, 0.25) is 5.79 Å². The minimum atomic E-state index is -1.71. The molecule has 1 heterocycles. The molecular formula is C23H31NO9. The van der Waals surface area contributed by atoms with Crippen molar-refractivity contribution in [2.45, 2.75) is 65.2 Å². The summed E-state index contributed by atoms with van der Waals surface area (Å²) in [5.74, 6) is -3.58. The number of benzene rings is 1. The Morgan fingerprint density at radius 1 is 1.24 bits per heavy atom. The second-order valence-electron chi connectivity index (χ2n) is 9.30. The molecule has 0 fully saturated rings. The van der Waals surface area contributed by atoms with Gasteiger partial charge in [-0.3, -0.25) is 9.59 Å². The molecule has 182 valence electrons. The number of ether oxygens (including phenoxy) is 3. The third-order valence-corrected chi connectivity index (χ3v) is 4.76. The fourth-order valence-electron chi connectivity index (χ4n) is 3.20. The van der Waals surface area contributed by atoms with Gasteiger partial charge in [-0.25, -0.2) is 9.59 Å². The number of ketones is 1. The smallest absolute Gasteiger partial charge is 0.407 e. The predicted octanol–water partition coefficient (Wildman–Crippen LogP) is 2.45. The zero-order chi connectivity index (χ0) is 24.8. The average molecular weight is 465 g/mol. The Kier molecular flexibility index (Phi) is 8.43. The number of carbonyl (C=O) groups is 4. The quantitative estimate of drug-likeness (QED) is 0.369. The van der Waals surface area contributed by atoms with Crippen molar-refractivity contribution < 1.29 is 43.6 Å². The zero-order valence-corrected chi connectivity index (χ0v) is 19.3. The van der Waals surface area contributed by atoms with Crippen LogP contribution in [0.2, 0.25) is 0 Å². The lowest BCUT2D eigenvalue weighted by atomic mass is 9.93. The normalized spacial score (nSPS) is 18.5. The molecule has 1 aliphatic heterocycles. The number of carboxylic acids is 1. The van der Waals surface area contributed by atoms with Crippen molar-refractivity contribution in [3.63, 3.8) is 0 Å². The Balaban J connectivity index is 2.04. The monoisotopic (exact) mass is 465 g/mol. The van der Waals surface area contributed by atoms with E-state index < -0.39 is 29.9 Å². The Bertz CT molecular complexity index is 906. The number of aliphatic carboxylic acids is 1. The third kappa shape index (κ3) is 8.38. The number of hydrogen-bond acceptors (Lipinski definition) is 8. The first kappa shape index (κ1) is 26.1. The lowest BCUT2D eigenvalue weighted by molar-refractivity contribution is -0.152. The summed E-state index contributed by atoms with van der Waals surface area (Å²) in [4.78, 5) is 47.1. The molecule has 0 bridgehead atoms. The highest BCUT2D eigenvalue weighted by Gasteiger charge is 2.38. The van der Waals surface area contributed by atoms with Gasteiger partial charge >= 0.3 is 18.0 Å². The van der Waals surface area contributed by atoms with Crippen LogP contribution in [-0.2, 0) is 25.5 Å². The van der Waals surface area contributed by atoms with Gasteiger partial charge in [0.15, 0.2) is 5.78 Å². The summed E-state index contributed by atoms with van der Waals surface area (Å²) in [6, 6.07) is 3.28. The summed E-state index contributed by atoms with van der Waals surface area (Å²) < 4.78 is 15.5. The van der Waals surface area contributed by atoms with E-state index in [9.17, 15) is 29.4 Å². The Labute approximate surface area is 192 Å². The van der Waals surface area contributed by atoms with E-state index in [-0.39, 0.29) is 55.0 Å². The van der Waals surface area contributed by atoms with E-state index in [0.717, 1.165) is 0 Å². The molecule has 1 unspecified atom stereocenters. The molecule has 1 aromatic carbocycles. The number of nitrogens with one attached hydrogen (secondary N) is 1. The Morgan fingerprint density at radius 2 is 1.94 bits per heavy atom. The van der Waals surface area contributed by atoms with Crippen LogP contribution < -0.4 is 10.1 Å². The molecule has 10 heteroatoms. The average Bonchev–Trinajstić information content (AvgIpc) is 2.69. The maximum absolute atomic E-state index is 12.6. The predicted molar refractivity (Wildman–Crippen MR) is 116 cm³/mol. The van der Waals surface area contributed by atoms with Crippen LogP contribution in [0, 0.1) is 5.41 Å². The van der Waals surface area contributed by atoms with Crippen LogP contribution in [0.3, 0.4) is 0 Å². The minimum absolute atomic E-state index is 0.0762. The minimum Gasteiger partial charge on any atom is -0.480 e. The van der Waals surface area contributed by atoms with Gasteiger partial charge in [-0.2, -0.15) is 0 Å². The van der Waals surface area contributed by atoms with Crippen molar-refractivity contribution in [2.75, 3.05) is 13.2 Å². The fourth-order valence-corrected chi connectivity index (χ4v) is 3.20. The molecule has 0 aromatic heterocycles. The standard InChI is InChI=1S/C23H31NO9/c1-14(25)31-9-5-8-23(30)12-18(26)16-10-15(6-7-19(16)33-23)11-17(20(27)28)24-21(29)32-13-22(2,3)4/h6-7,10,17,30H,5,8-9,11-13H2,1-4H3,(H,24,29)(H,27,28)/t17-,23?/m0/s1. The highest BCUT2D eigenvalue weighted by atomic mass is 16.6. The molecule has 1 aliphatic rings. The molecule has 0 saturated heterocycles. The lowest BCUT2D eigenvalue weighted by Crippen LogP contribution is -2.43. The number of rotatable bonds is 9. The molecular weight excluding hydrogens is 434 g/mol. The number of hydrogen-bond donors (Lipinski definition) is 3. The number of fused-ring (bicyclic) bond motifs is 1. The van der Waals surface area contributed by atoms with Crippen LogP contribution in [0.5, 0.6) is 5.75 Å². The van der Waals surface area contributed by atoms with Crippen molar-refractivity contribution in [3.05, 3.63) is 29.3 Å². The van der Waals surface area contributed by atoms with Gasteiger partial charge in [0.05, 0.1) is 25.2 Å². The molecule has 1 aromatic rings. The molecule has 1 amide bonds.